The molecule has 0 aliphatic heterocycles. The molecule has 0 bridgehead atoms. The van der Waals surface area contributed by atoms with Gasteiger partial charge in [0.2, 0.25) is 0 Å². The number of rotatable bonds is 4. The first-order chi connectivity index (χ1) is 10.0. The van der Waals surface area contributed by atoms with Crippen molar-refractivity contribution in [2.45, 2.75) is 6.54 Å². The number of amides is 1. The van der Waals surface area contributed by atoms with Crippen molar-refractivity contribution < 1.29 is 9.18 Å². The molecule has 3 nitrogen and oxygen atoms in total. The molecule has 0 saturated heterocycles. The van der Waals surface area contributed by atoms with E-state index in [4.69, 9.17) is 11.6 Å². The first kappa shape index (κ1) is 15.8. The number of anilines is 1. The summed E-state index contributed by atoms with van der Waals surface area (Å²) >= 11 is 9.20. The fraction of sp³-hybridized carbons (Fsp3) is 0.133. The molecule has 0 spiro atoms. The van der Waals surface area contributed by atoms with Crippen molar-refractivity contribution in [2.24, 2.45) is 0 Å². The van der Waals surface area contributed by atoms with Crippen LogP contribution in [0.5, 0.6) is 0 Å². The second-order valence-electron chi connectivity index (χ2n) is 4.38. The number of nitrogens with one attached hydrogen (secondary N) is 2. The molecule has 1 amide bonds. The summed E-state index contributed by atoms with van der Waals surface area (Å²) in [5.74, 6) is -0.510. The fourth-order valence-electron chi connectivity index (χ4n) is 1.79. The standard InChI is InChI=1S/C15H13BrClFN2O/c1-19-15(21)10-3-5-12(17)14(7-10)20-8-9-2-4-11(16)13(18)6-9/h2-7,20H,8H2,1H3,(H,19,21). The topological polar surface area (TPSA) is 41.1 Å². The van der Waals surface area contributed by atoms with Gasteiger partial charge in [0.25, 0.3) is 5.91 Å². The maximum atomic E-state index is 13.4. The molecule has 2 aromatic rings. The molecule has 0 radical (unpaired) electrons. The predicted octanol–water partition coefficient (Wildman–Crippen LogP) is 4.21. The third kappa shape index (κ3) is 3.95. The molecule has 21 heavy (non-hydrogen) atoms. The van der Waals surface area contributed by atoms with Crippen LogP contribution in [0, 0.1) is 5.82 Å². The molecule has 0 saturated carbocycles. The van der Waals surface area contributed by atoms with Crippen LogP contribution in [0.4, 0.5) is 10.1 Å². The summed E-state index contributed by atoms with van der Waals surface area (Å²) in [6.07, 6.45) is 0. The molecule has 0 aromatic heterocycles. The van der Waals surface area contributed by atoms with Gasteiger partial charge in [-0.05, 0) is 51.8 Å². The average Bonchev–Trinajstić information content (AvgIpc) is 2.49. The molecular weight excluding hydrogens is 359 g/mol. The van der Waals surface area contributed by atoms with E-state index in [0.717, 1.165) is 5.56 Å². The van der Waals surface area contributed by atoms with E-state index in [0.29, 0.717) is 27.3 Å². The van der Waals surface area contributed by atoms with Gasteiger partial charge in [-0.2, -0.15) is 0 Å². The molecule has 0 heterocycles. The summed E-state index contributed by atoms with van der Waals surface area (Å²) in [4.78, 5) is 11.6. The zero-order valence-electron chi connectivity index (χ0n) is 11.2. The molecule has 0 unspecified atom stereocenters. The van der Waals surface area contributed by atoms with E-state index in [-0.39, 0.29) is 11.7 Å². The number of halogens is 3. The Morgan fingerprint density at radius 1 is 1.29 bits per heavy atom. The van der Waals surface area contributed by atoms with Crippen LogP contribution in [-0.2, 0) is 6.54 Å². The Balaban J connectivity index is 2.15. The average molecular weight is 372 g/mol. The van der Waals surface area contributed by atoms with Crippen molar-refractivity contribution in [3.63, 3.8) is 0 Å². The Kier molecular flexibility index (Phi) is 5.20. The minimum Gasteiger partial charge on any atom is -0.380 e. The highest BCUT2D eigenvalue weighted by atomic mass is 79.9. The third-order valence-electron chi connectivity index (χ3n) is 2.92. The van der Waals surface area contributed by atoms with Gasteiger partial charge in [-0.3, -0.25) is 4.79 Å². The van der Waals surface area contributed by atoms with Crippen LogP contribution < -0.4 is 10.6 Å². The minimum absolute atomic E-state index is 0.190. The van der Waals surface area contributed by atoms with Crippen molar-refractivity contribution in [1.82, 2.24) is 5.32 Å². The quantitative estimate of drug-likeness (QED) is 0.845. The lowest BCUT2D eigenvalue weighted by Gasteiger charge is -2.10. The summed E-state index contributed by atoms with van der Waals surface area (Å²) in [6.45, 7) is 0.404. The summed E-state index contributed by atoms with van der Waals surface area (Å²) in [7, 11) is 1.56. The number of benzene rings is 2. The van der Waals surface area contributed by atoms with Gasteiger partial charge < -0.3 is 10.6 Å². The Morgan fingerprint density at radius 2 is 2.05 bits per heavy atom. The highest BCUT2D eigenvalue weighted by molar-refractivity contribution is 9.10. The van der Waals surface area contributed by atoms with Gasteiger partial charge in [-0.15, -0.1) is 0 Å². The molecule has 2 N–H and O–H groups in total. The maximum Gasteiger partial charge on any atom is 0.251 e. The van der Waals surface area contributed by atoms with E-state index in [1.807, 2.05) is 0 Å². The van der Waals surface area contributed by atoms with Crippen molar-refractivity contribution >= 4 is 39.1 Å². The van der Waals surface area contributed by atoms with Crippen LogP contribution in [0.3, 0.4) is 0 Å². The van der Waals surface area contributed by atoms with Gasteiger partial charge >= 0.3 is 0 Å². The molecule has 110 valence electrons. The second-order valence-corrected chi connectivity index (χ2v) is 5.64. The van der Waals surface area contributed by atoms with Gasteiger partial charge in [0.05, 0.1) is 15.2 Å². The van der Waals surface area contributed by atoms with E-state index >= 15 is 0 Å². The Morgan fingerprint density at radius 3 is 2.71 bits per heavy atom. The molecule has 0 atom stereocenters. The smallest absolute Gasteiger partial charge is 0.251 e. The zero-order chi connectivity index (χ0) is 15.4. The molecule has 0 aliphatic rings. The molecular formula is C15H13BrClFN2O. The molecule has 0 fully saturated rings. The van der Waals surface area contributed by atoms with Gasteiger partial charge in [0.15, 0.2) is 0 Å². The van der Waals surface area contributed by atoms with Gasteiger partial charge in [-0.25, -0.2) is 4.39 Å². The van der Waals surface area contributed by atoms with Gasteiger partial charge in [0, 0.05) is 19.2 Å². The number of carbonyl (C=O) groups excluding carboxylic acids is 1. The van der Waals surface area contributed by atoms with Crippen LogP contribution in [0.25, 0.3) is 0 Å². The van der Waals surface area contributed by atoms with Crippen molar-refractivity contribution in [3.8, 4) is 0 Å². The van der Waals surface area contributed by atoms with E-state index < -0.39 is 0 Å². The van der Waals surface area contributed by atoms with E-state index in [1.165, 1.54) is 6.07 Å². The number of hydrogen-bond donors (Lipinski definition) is 2. The van der Waals surface area contributed by atoms with Crippen LogP contribution in [0.2, 0.25) is 5.02 Å². The van der Waals surface area contributed by atoms with Crippen molar-refractivity contribution in [2.75, 3.05) is 12.4 Å². The SMILES string of the molecule is CNC(=O)c1ccc(Cl)c(NCc2ccc(Br)c(F)c2)c1. The van der Waals surface area contributed by atoms with Crippen LogP contribution in [-0.4, -0.2) is 13.0 Å². The highest BCUT2D eigenvalue weighted by Crippen LogP contribution is 2.24. The fourth-order valence-corrected chi connectivity index (χ4v) is 2.22. The highest BCUT2D eigenvalue weighted by Gasteiger charge is 2.08. The monoisotopic (exact) mass is 370 g/mol. The van der Waals surface area contributed by atoms with Crippen LogP contribution in [0.15, 0.2) is 40.9 Å². The van der Waals surface area contributed by atoms with Gasteiger partial charge in [-0.1, -0.05) is 17.7 Å². The lowest BCUT2D eigenvalue weighted by molar-refractivity contribution is 0.0963. The van der Waals surface area contributed by atoms with Crippen molar-refractivity contribution in [3.05, 3.63) is 62.8 Å². The number of hydrogen-bond acceptors (Lipinski definition) is 2. The first-order valence-corrected chi connectivity index (χ1v) is 7.38. The predicted molar refractivity (Wildman–Crippen MR) is 86.3 cm³/mol. The largest absolute Gasteiger partial charge is 0.380 e. The molecule has 6 heteroatoms. The van der Waals surface area contributed by atoms with Crippen LogP contribution in [0.1, 0.15) is 15.9 Å². The maximum absolute atomic E-state index is 13.4. The van der Waals surface area contributed by atoms with E-state index in [9.17, 15) is 9.18 Å². The van der Waals surface area contributed by atoms with Crippen molar-refractivity contribution in [1.29, 1.82) is 0 Å². The normalized spacial score (nSPS) is 10.3. The van der Waals surface area contributed by atoms with Crippen LogP contribution >= 0.6 is 27.5 Å². The summed E-state index contributed by atoms with van der Waals surface area (Å²) in [5.41, 5.74) is 1.91. The van der Waals surface area contributed by atoms with Gasteiger partial charge in [0.1, 0.15) is 5.82 Å². The molecule has 2 aromatic carbocycles. The Hall–Kier alpha value is -1.59. The van der Waals surface area contributed by atoms with E-state index in [2.05, 4.69) is 26.6 Å². The molecule has 2 rings (SSSR count). The third-order valence-corrected chi connectivity index (χ3v) is 3.90. The zero-order valence-corrected chi connectivity index (χ0v) is 13.6. The number of carbonyl (C=O) groups is 1. The van der Waals surface area contributed by atoms with E-state index in [1.54, 1.807) is 37.4 Å². The summed E-state index contributed by atoms with van der Waals surface area (Å²) in [6, 6.07) is 9.85. The minimum atomic E-state index is -0.320. The second kappa shape index (κ2) is 6.91. The Labute approximate surface area is 135 Å². The molecule has 0 aliphatic carbocycles. The summed E-state index contributed by atoms with van der Waals surface area (Å²) in [5, 5.41) is 6.15. The lowest BCUT2D eigenvalue weighted by Crippen LogP contribution is -2.17. The first-order valence-electron chi connectivity index (χ1n) is 6.20. The Bertz CT molecular complexity index is 679. The summed E-state index contributed by atoms with van der Waals surface area (Å²) < 4.78 is 13.9. The lowest BCUT2D eigenvalue weighted by atomic mass is 10.1.